The molecule has 0 aliphatic rings. The van der Waals surface area contributed by atoms with E-state index in [2.05, 4.69) is 20.4 Å². The number of hydrogen-bond donors (Lipinski definition) is 2. The summed E-state index contributed by atoms with van der Waals surface area (Å²) in [5.74, 6) is -1.20. The van der Waals surface area contributed by atoms with Gasteiger partial charge in [0.2, 0.25) is 0 Å². The molecular formula is C12H9F6N5OS. The third kappa shape index (κ3) is 3.55. The highest BCUT2D eigenvalue weighted by molar-refractivity contribution is 8.45. The maximum absolute atomic E-state index is 13.7. The summed E-state index contributed by atoms with van der Waals surface area (Å²) in [6.07, 6.45) is 0. The Morgan fingerprint density at radius 3 is 2.52 bits per heavy atom. The highest BCUT2D eigenvalue weighted by atomic mass is 32.5. The van der Waals surface area contributed by atoms with Gasteiger partial charge in [-0.05, 0) is 18.2 Å². The van der Waals surface area contributed by atoms with Gasteiger partial charge in [-0.2, -0.15) is 0 Å². The van der Waals surface area contributed by atoms with Crippen molar-refractivity contribution in [3.63, 3.8) is 0 Å². The lowest BCUT2D eigenvalue weighted by Crippen LogP contribution is -2.08. The Morgan fingerprint density at radius 2 is 1.84 bits per heavy atom. The summed E-state index contributed by atoms with van der Waals surface area (Å²) in [6.45, 7) is -0.765. The number of rotatable bonds is 4. The Bertz CT molecular complexity index is 974. The largest absolute Gasteiger partial charge is 0.486 e. The maximum Gasteiger partial charge on any atom is 0.310 e. The first-order valence-electron chi connectivity index (χ1n) is 6.46. The predicted molar refractivity (Wildman–Crippen MR) is 78.2 cm³/mol. The highest BCUT2D eigenvalue weighted by Crippen LogP contribution is 3.02. The molecule has 1 aromatic carbocycles. The zero-order chi connectivity index (χ0) is 18.5. The molecule has 0 amide bonds. The molecule has 3 aromatic rings. The molecule has 3 N–H and O–H groups in total. The third-order valence-electron chi connectivity index (χ3n) is 3.13. The Kier molecular flexibility index (Phi) is 3.21. The van der Waals surface area contributed by atoms with E-state index in [4.69, 9.17) is 10.5 Å². The van der Waals surface area contributed by atoms with Crippen molar-refractivity contribution < 1.29 is 28.6 Å². The lowest BCUT2D eigenvalue weighted by Gasteiger charge is -2.40. The first-order valence-corrected chi connectivity index (χ1v) is 8.41. The van der Waals surface area contributed by atoms with Crippen LogP contribution in [-0.4, -0.2) is 20.4 Å². The van der Waals surface area contributed by atoms with Gasteiger partial charge in [0.05, 0.1) is 0 Å². The van der Waals surface area contributed by atoms with Gasteiger partial charge in [-0.3, -0.25) is 0 Å². The second-order valence-electron chi connectivity index (χ2n) is 5.07. The van der Waals surface area contributed by atoms with Gasteiger partial charge < -0.3 is 10.5 Å². The van der Waals surface area contributed by atoms with Crippen LogP contribution in [0.25, 0.3) is 11.2 Å². The van der Waals surface area contributed by atoms with E-state index in [1.165, 1.54) is 6.07 Å². The minimum atomic E-state index is -9.93. The van der Waals surface area contributed by atoms with E-state index >= 15 is 0 Å². The van der Waals surface area contributed by atoms with Crippen molar-refractivity contribution in [1.29, 1.82) is 0 Å². The number of H-pyrrole nitrogens is 1. The minimum Gasteiger partial charge on any atom is -0.486 e. The normalized spacial score (nSPS) is 15.0. The second-order valence-corrected chi connectivity index (χ2v) is 7.47. The van der Waals surface area contributed by atoms with Crippen molar-refractivity contribution in [1.82, 2.24) is 20.4 Å². The number of aromatic nitrogens is 4. The van der Waals surface area contributed by atoms with Crippen molar-refractivity contribution in [2.75, 3.05) is 5.73 Å². The molecule has 0 spiro atoms. The number of nitrogens with two attached hydrogens (primary N) is 1. The van der Waals surface area contributed by atoms with Crippen molar-refractivity contribution in [2.45, 2.75) is 11.5 Å². The van der Waals surface area contributed by atoms with Gasteiger partial charge in [-0.15, -0.1) is 5.10 Å². The Balaban J connectivity index is 1.95. The SMILES string of the molecule is Nc1cc(OCc2cc(S(F)(F)(F)(F)F)ccc2F)c2nn[nH]c2n1. The van der Waals surface area contributed by atoms with Crippen LogP contribution in [-0.2, 0) is 6.61 Å². The smallest absolute Gasteiger partial charge is 0.310 e. The van der Waals surface area contributed by atoms with Crippen LogP contribution in [0.4, 0.5) is 29.6 Å². The molecule has 6 nitrogen and oxygen atoms in total. The summed E-state index contributed by atoms with van der Waals surface area (Å²) in [6, 6.07) is 1.50. The van der Waals surface area contributed by atoms with Gasteiger partial charge in [0.25, 0.3) is 0 Å². The van der Waals surface area contributed by atoms with Crippen LogP contribution >= 0.6 is 10.2 Å². The molecule has 2 heterocycles. The average Bonchev–Trinajstić information content (AvgIpc) is 2.91. The Labute approximate surface area is 135 Å². The molecule has 3 rings (SSSR count). The molecule has 13 heteroatoms. The van der Waals surface area contributed by atoms with E-state index in [1.807, 2.05) is 0 Å². The van der Waals surface area contributed by atoms with E-state index in [0.29, 0.717) is 6.07 Å². The van der Waals surface area contributed by atoms with Crippen molar-refractivity contribution >= 4 is 27.2 Å². The molecule has 25 heavy (non-hydrogen) atoms. The molecule has 0 unspecified atom stereocenters. The molecule has 0 radical (unpaired) electrons. The lowest BCUT2D eigenvalue weighted by atomic mass is 10.2. The fourth-order valence-electron chi connectivity index (χ4n) is 2.00. The van der Waals surface area contributed by atoms with Gasteiger partial charge in [-0.1, -0.05) is 24.6 Å². The van der Waals surface area contributed by atoms with Gasteiger partial charge >= 0.3 is 10.2 Å². The number of nitrogen functional groups attached to an aromatic ring is 1. The summed E-state index contributed by atoms with van der Waals surface area (Å²) in [5.41, 5.74) is 5.04. The maximum atomic E-state index is 13.7. The number of ether oxygens (including phenoxy) is 1. The molecule has 0 saturated carbocycles. The van der Waals surface area contributed by atoms with Gasteiger partial charge in [0, 0.05) is 11.6 Å². The van der Waals surface area contributed by atoms with E-state index in [-0.39, 0.29) is 34.9 Å². The summed E-state index contributed by atoms with van der Waals surface area (Å²) in [7, 11) is -9.93. The second kappa shape index (κ2) is 4.68. The van der Waals surface area contributed by atoms with Crippen LogP contribution in [0.3, 0.4) is 0 Å². The number of nitrogens with one attached hydrogen (secondary N) is 1. The van der Waals surface area contributed by atoms with Crippen LogP contribution in [0.5, 0.6) is 5.75 Å². The van der Waals surface area contributed by atoms with E-state index in [9.17, 15) is 23.8 Å². The number of aromatic amines is 1. The quantitative estimate of drug-likeness (QED) is 0.653. The number of benzene rings is 1. The molecule has 2 aromatic heterocycles. The summed E-state index contributed by atoms with van der Waals surface area (Å²) in [4.78, 5) is 1.63. The number of nitrogens with zero attached hydrogens (tertiary/aromatic N) is 3. The number of hydrogen-bond acceptors (Lipinski definition) is 5. The van der Waals surface area contributed by atoms with Gasteiger partial charge in [0.15, 0.2) is 16.9 Å². The first-order chi connectivity index (χ1) is 11.3. The van der Waals surface area contributed by atoms with Crippen molar-refractivity contribution in [3.05, 3.63) is 35.6 Å². The molecule has 0 aliphatic heterocycles. The van der Waals surface area contributed by atoms with Gasteiger partial charge in [0.1, 0.15) is 23.1 Å². The van der Waals surface area contributed by atoms with E-state index < -0.39 is 33.1 Å². The van der Waals surface area contributed by atoms with E-state index in [1.54, 1.807) is 0 Å². The minimum absolute atomic E-state index is 0.0132. The standard InChI is InChI=1S/C12H9F6N5OS/c13-8-2-1-7(25(14,15,16,17)18)3-6(8)5-24-9-4-10(19)20-12-11(9)21-23-22-12/h1-4H,5H2,(H3,19,20,21,22,23). The molecule has 0 fully saturated rings. The monoisotopic (exact) mass is 385 g/mol. The number of anilines is 1. The Hall–Kier alpha value is -2.70. The van der Waals surface area contributed by atoms with E-state index in [0.717, 1.165) is 0 Å². The Morgan fingerprint density at radius 1 is 1.12 bits per heavy atom. The summed E-state index contributed by atoms with van der Waals surface area (Å²) >= 11 is 0. The predicted octanol–water partition coefficient (Wildman–Crippen LogP) is 4.31. The molecule has 0 bridgehead atoms. The zero-order valence-electron chi connectivity index (χ0n) is 12.0. The molecule has 0 saturated heterocycles. The lowest BCUT2D eigenvalue weighted by molar-refractivity contribution is 0.302. The molecule has 0 atom stereocenters. The van der Waals surface area contributed by atoms with Crippen LogP contribution in [0.1, 0.15) is 5.56 Å². The fraction of sp³-hybridized carbons (Fsp3) is 0.0833. The number of halogens is 6. The topological polar surface area (TPSA) is 89.7 Å². The van der Waals surface area contributed by atoms with Crippen LogP contribution < -0.4 is 10.5 Å². The van der Waals surface area contributed by atoms with Crippen molar-refractivity contribution in [3.8, 4) is 5.75 Å². The highest BCUT2D eigenvalue weighted by Gasteiger charge is 2.65. The fourth-order valence-corrected chi connectivity index (χ4v) is 2.69. The first kappa shape index (κ1) is 17.1. The summed E-state index contributed by atoms with van der Waals surface area (Å²) in [5, 5.41) is 9.49. The number of fused-ring (bicyclic) bond motifs is 1. The zero-order valence-corrected chi connectivity index (χ0v) is 12.8. The molecule has 136 valence electrons. The molecule has 0 aliphatic carbocycles. The third-order valence-corrected chi connectivity index (χ3v) is 4.27. The van der Waals surface area contributed by atoms with Crippen LogP contribution in [0, 0.1) is 5.82 Å². The van der Waals surface area contributed by atoms with Gasteiger partial charge in [-0.25, -0.2) is 14.5 Å². The van der Waals surface area contributed by atoms with Crippen LogP contribution in [0.15, 0.2) is 29.2 Å². The van der Waals surface area contributed by atoms with Crippen LogP contribution in [0.2, 0.25) is 0 Å². The summed E-state index contributed by atoms with van der Waals surface area (Å²) < 4.78 is 83.0. The average molecular weight is 385 g/mol. The van der Waals surface area contributed by atoms with Crippen molar-refractivity contribution in [2.24, 2.45) is 0 Å². The number of pyridine rings is 1. The molecular weight excluding hydrogens is 376 g/mol.